The lowest BCUT2D eigenvalue weighted by molar-refractivity contribution is -0.137. The van der Waals surface area contributed by atoms with Gasteiger partial charge in [0.05, 0.1) is 24.3 Å². The molecular weight excluding hydrogens is 577 g/mol. The van der Waals surface area contributed by atoms with E-state index in [2.05, 4.69) is 4.98 Å². The first-order chi connectivity index (χ1) is 21.8. The van der Waals surface area contributed by atoms with Crippen LogP contribution in [0.1, 0.15) is 45.7 Å². The molecule has 6 aromatic rings. The Morgan fingerprint density at radius 1 is 0.889 bits per heavy atom. The number of nitrogens with one attached hydrogen (secondary N) is 1. The number of H-pyrrole nitrogens is 1. The monoisotopic (exact) mass is 606 g/mol. The molecular formula is C37H29F3N2O3. The molecule has 0 bridgehead atoms. The van der Waals surface area contributed by atoms with Crippen molar-refractivity contribution in [2.45, 2.75) is 24.6 Å². The van der Waals surface area contributed by atoms with Gasteiger partial charge in [-0.15, -0.1) is 0 Å². The molecule has 7 rings (SSSR count). The number of carbonyl (C=O) groups excluding carboxylic acids is 1. The lowest BCUT2D eigenvalue weighted by Gasteiger charge is -2.37. The number of aromatic amines is 1. The normalized spacial score (nSPS) is 15.0. The summed E-state index contributed by atoms with van der Waals surface area (Å²) in [6.45, 7) is 0.381. The molecule has 226 valence electrons. The van der Waals surface area contributed by atoms with Crippen LogP contribution >= 0.6 is 0 Å². The molecule has 0 radical (unpaired) electrons. The Kier molecular flexibility index (Phi) is 7.20. The molecule has 0 spiro atoms. The number of carbonyl (C=O) groups is 1. The van der Waals surface area contributed by atoms with Gasteiger partial charge in [0.1, 0.15) is 23.3 Å². The average molecular weight is 607 g/mol. The number of fused-ring (bicyclic) bond motifs is 3. The van der Waals surface area contributed by atoms with Gasteiger partial charge < -0.3 is 19.0 Å². The highest BCUT2D eigenvalue weighted by Gasteiger charge is 2.40. The van der Waals surface area contributed by atoms with E-state index in [9.17, 15) is 18.0 Å². The smallest absolute Gasteiger partial charge is 0.417 e. The largest absolute Gasteiger partial charge is 0.497 e. The van der Waals surface area contributed by atoms with Gasteiger partial charge in [-0.3, -0.25) is 4.79 Å². The Balaban J connectivity index is 1.39. The van der Waals surface area contributed by atoms with Crippen LogP contribution in [0.15, 0.2) is 120 Å². The Morgan fingerprint density at radius 3 is 2.22 bits per heavy atom. The van der Waals surface area contributed by atoms with E-state index < -0.39 is 23.7 Å². The number of alkyl halides is 3. The zero-order chi connectivity index (χ0) is 31.1. The molecule has 0 fully saturated rings. The number of benzene rings is 4. The van der Waals surface area contributed by atoms with Crippen LogP contribution in [0.2, 0.25) is 0 Å². The minimum absolute atomic E-state index is 0.0574. The van der Waals surface area contributed by atoms with Gasteiger partial charge >= 0.3 is 6.18 Å². The zero-order valence-electron chi connectivity index (χ0n) is 24.3. The van der Waals surface area contributed by atoms with Gasteiger partial charge in [0.2, 0.25) is 5.91 Å². The molecule has 1 aliphatic rings. The maximum atomic E-state index is 14.8. The number of amides is 1. The quantitative estimate of drug-likeness (QED) is 0.206. The van der Waals surface area contributed by atoms with E-state index in [0.29, 0.717) is 24.5 Å². The topological polar surface area (TPSA) is 58.5 Å². The van der Waals surface area contributed by atoms with Gasteiger partial charge in [-0.05, 0) is 59.5 Å². The van der Waals surface area contributed by atoms with E-state index in [1.807, 2.05) is 78.9 Å². The predicted molar refractivity (Wildman–Crippen MR) is 166 cm³/mol. The van der Waals surface area contributed by atoms with Crippen molar-refractivity contribution in [3.05, 3.63) is 149 Å². The maximum Gasteiger partial charge on any atom is 0.417 e. The van der Waals surface area contributed by atoms with Crippen LogP contribution in [0, 0.1) is 0 Å². The zero-order valence-corrected chi connectivity index (χ0v) is 24.3. The first kappa shape index (κ1) is 28.5. The van der Waals surface area contributed by atoms with Crippen LogP contribution in [0.5, 0.6) is 5.75 Å². The van der Waals surface area contributed by atoms with E-state index in [-0.39, 0.29) is 17.2 Å². The van der Waals surface area contributed by atoms with Crippen molar-refractivity contribution >= 4 is 16.8 Å². The minimum Gasteiger partial charge on any atom is -0.497 e. The highest BCUT2D eigenvalue weighted by Crippen LogP contribution is 2.44. The number of methoxy groups -OCH3 is 1. The molecule has 0 saturated carbocycles. The standard InChI is InChI=1S/C37H29F3N2O3/c1-44-25-16-17-30-28(22-25)26-20-21-42(36(43)33(23-10-4-2-5-11-23)24-12-6-3-7-13-24)35(34(26)41-30)32-19-18-31(45-32)27-14-8-9-15-29(27)37(38,39)40/h2-19,22,33,35,41H,20-21H2,1H3/t35-/m1/s1. The first-order valence-electron chi connectivity index (χ1n) is 14.7. The van der Waals surface area contributed by atoms with Crippen LogP contribution in [-0.4, -0.2) is 29.4 Å². The molecule has 0 saturated heterocycles. The van der Waals surface area contributed by atoms with Gasteiger partial charge in [-0.25, -0.2) is 0 Å². The number of rotatable bonds is 6. The Labute approximate surface area is 257 Å². The fourth-order valence-corrected chi connectivity index (χ4v) is 6.45. The molecule has 5 nitrogen and oxygen atoms in total. The van der Waals surface area contributed by atoms with Crippen LogP contribution in [0.25, 0.3) is 22.2 Å². The molecule has 0 unspecified atom stereocenters. The average Bonchev–Trinajstić information content (AvgIpc) is 3.70. The highest BCUT2D eigenvalue weighted by molar-refractivity contribution is 5.90. The highest BCUT2D eigenvalue weighted by atomic mass is 19.4. The van der Waals surface area contributed by atoms with Crippen molar-refractivity contribution in [1.29, 1.82) is 0 Å². The van der Waals surface area contributed by atoms with Crippen molar-refractivity contribution in [3.63, 3.8) is 0 Å². The fourth-order valence-electron chi connectivity index (χ4n) is 6.45. The molecule has 45 heavy (non-hydrogen) atoms. The summed E-state index contributed by atoms with van der Waals surface area (Å²) in [5.41, 5.74) is 3.51. The van der Waals surface area contributed by atoms with Crippen molar-refractivity contribution in [2.75, 3.05) is 13.7 Å². The van der Waals surface area contributed by atoms with E-state index in [1.54, 1.807) is 30.2 Å². The first-order valence-corrected chi connectivity index (χ1v) is 14.7. The van der Waals surface area contributed by atoms with Gasteiger partial charge in [-0.1, -0.05) is 78.9 Å². The van der Waals surface area contributed by atoms with Gasteiger partial charge in [-0.2, -0.15) is 13.2 Å². The second-order valence-corrected chi connectivity index (χ2v) is 11.1. The third-order valence-corrected chi connectivity index (χ3v) is 8.52. The number of aromatic nitrogens is 1. The van der Waals surface area contributed by atoms with E-state index in [0.717, 1.165) is 39.4 Å². The number of furan rings is 1. The van der Waals surface area contributed by atoms with Crippen molar-refractivity contribution in [2.24, 2.45) is 0 Å². The summed E-state index contributed by atoms with van der Waals surface area (Å²) in [6, 6.07) is 32.8. The number of hydrogen-bond acceptors (Lipinski definition) is 3. The summed E-state index contributed by atoms with van der Waals surface area (Å²) in [7, 11) is 1.61. The summed E-state index contributed by atoms with van der Waals surface area (Å²) in [4.78, 5) is 20.1. The number of halogens is 3. The summed E-state index contributed by atoms with van der Waals surface area (Å²) in [5, 5.41) is 0.971. The summed E-state index contributed by atoms with van der Waals surface area (Å²) in [6.07, 6.45) is -3.98. The second kappa shape index (κ2) is 11.4. The van der Waals surface area contributed by atoms with Crippen LogP contribution in [-0.2, 0) is 17.4 Å². The molecule has 4 aromatic carbocycles. The summed E-state index contributed by atoms with van der Waals surface area (Å²) < 4.78 is 53.6. The lowest BCUT2D eigenvalue weighted by atomic mass is 9.87. The molecule has 0 aliphatic carbocycles. The Bertz CT molecular complexity index is 1940. The lowest BCUT2D eigenvalue weighted by Crippen LogP contribution is -2.43. The molecule has 3 heterocycles. The SMILES string of the molecule is COc1ccc2[nH]c3c(c2c1)CCN(C(=O)C(c1ccccc1)c1ccccc1)[C@@H]3c1ccc(-c2ccccc2C(F)(F)F)o1. The minimum atomic E-state index is -4.56. The predicted octanol–water partition coefficient (Wildman–Crippen LogP) is 8.76. The van der Waals surface area contributed by atoms with Crippen LogP contribution < -0.4 is 4.74 Å². The number of ether oxygens (including phenoxy) is 1. The summed E-state index contributed by atoms with van der Waals surface area (Å²) >= 11 is 0. The third kappa shape index (κ3) is 5.16. The summed E-state index contributed by atoms with van der Waals surface area (Å²) in [5.74, 6) is 0.429. The maximum absolute atomic E-state index is 14.8. The van der Waals surface area contributed by atoms with Gasteiger partial charge in [0.15, 0.2) is 0 Å². The van der Waals surface area contributed by atoms with Gasteiger partial charge in [0.25, 0.3) is 0 Å². The third-order valence-electron chi connectivity index (χ3n) is 8.52. The molecule has 1 aliphatic heterocycles. The molecule has 2 aromatic heterocycles. The fraction of sp³-hybridized carbons (Fsp3) is 0.162. The number of hydrogen-bond donors (Lipinski definition) is 1. The van der Waals surface area contributed by atoms with Crippen LogP contribution in [0.4, 0.5) is 13.2 Å². The second-order valence-electron chi connectivity index (χ2n) is 11.1. The molecule has 8 heteroatoms. The van der Waals surface area contributed by atoms with Crippen LogP contribution in [0.3, 0.4) is 0 Å². The van der Waals surface area contributed by atoms with Gasteiger partial charge in [0, 0.05) is 23.0 Å². The van der Waals surface area contributed by atoms with Crippen molar-refractivity contribution in [3.8, 4) is 17.1 Å². The van der Waals surface area contributed by atoms with E-state index >= 15 is 0 Å². The number of nitrogens with zero attached hydrogens (tertiary/aromatic N) is 1. The van der Waals surface area contributed by atoms with E-state index in [4.69, 9.17) is 9.15 Å². The Morgan fingerprint density at radius 2 is 1.56 bits per heavy atom. The Hall–Kier alpha value is -5.24. The van der Waals surface area contributed by atoms with Crippen molar-refractivity contribution in [1.82, 2.24) is 9.88 Å². The van der Waals surface area contributed by atoms with E-state index in [1.165, 1.54) is 12.1 Å². The molecule has 1 amide bonds. The molecule has 1 N–H and O–H groups in total. The molecule has 1 atom stereocenters. The van der Waals surface area contributed by atoms with Crippen molar-refractivity contribution < 1.29 is 27.1 Å².